The molecule has 0 saturated carbocycles. The molecule has 1 aromatic heterocycles. The Kier molecular flexibility index (Phi) is 5.81. The highest BCUT2D eigenvalue weighted by molar-refractivity contribution is 5.96. The van der Waals surface area contributed by atoms with Gasteiger partial charge < -0.3 is 14.5 Å². The van der Waals surface area contributed by atoms with Crippen molar-refractivity contribution in [3.05, 3.63) is 59.5 Å². The second-order valence-electron chi connectivity index (χ2n) is 7.64. The predicted molar refractivity (Wildman–Crippen MR) is 114 cm³/mol. The number of hydrogen-bond donors (Lipinski definition) is 1. The maximum absolute atomic E-state index is 12.6. The maximum atomic E-state index is 12.6. The van der Waals surface area contributed by atoms with Crippen LogP contribution in [0.5, 0.6) is 0 Å². The topological polar surface area (TPSA) is 84.7 Å². The van der Waals surface area contributed by atoms with Gasteiger partial charge in [-0.15, -0.1) is 0 Å². The Bertz CT molecular complexity index is 1030. The molecule has 1 aliphatic heterocycles. The van der Waals surface area contributed by atoms with E-state index in [1.807, 2.05) is 31.2 Å². The highest BCUT2D eigenvalue weighted by atomic mass is 16.5. The fraction of sp³-hybridized carbons (Fsp3) is 0.348. The summed E-state index contributed by atoms with van der Waals surface area (Å²) >= 11 is 0. The van der Waals surface area contributed by atoms with Gasteiger partial charge in [-0.25, -0.2) is 9.78 Å². The lowest BCUT2D eigenvalue weighted by atomic mass is 9.97. The van der Waals surface area contributed by atoms with Gasteiger partial charge in [0, 0.05) is 11.6 Å². The Morgan fingerprint density at radius 3 is 2.70 bits per heavy atom. The number of hydrogen-bond acceptors (Lipinski definition) is 6. The summed E-state index contributed by atoms with van der Waals surface area (Å²) in [6.07, 6.45) is 1.80. The molecule has 0 bridgehead atoms. The zero-order valence-corrected chi connectivity index (χ0v) is 17.2. The third-order valence-corrected chi connectivity index (χ3v) is 5.55. The van der Waals surface area contributed by atoms with Gasteiger partial charge in [-0.1, -0.05) is 18.2 Å². The molecule has 156 valence electrons. The maximum Gasteiger partial charge on any atom is 0.337 e. The third-order valence-electron chi connectivity index (χ3n) is 5.55. The fourth-order valence-corrected chi connectivity index (χ4v) is 3.80. The molecule has 2 aromatic carbocycles. The van der Waals surface area contributed by atoms with Crippen LogP contribution in [0.3, 0.4) is 0 Å². The van der Waals surface area contributed by atoms with Gasteiger partial charge in [0.2, 0.25) is 5.91 Å². The van der Waals surface area contributed by atoms with Crippen molar-refractivity contribution in [3.8, 4) is 0 Å². The lowest BCUT2D eigenvalue weighted by Crippen LogP contribution is -2.38. The van der Waals surface area contributed by atoms with Crippen LogP contribution in [0.4, 0.5) is 5.69 Å². The van der Waals surface area contributed by atoms with Gasteiger partial charge in [0.15, 0.2) is 11.5 Å². The zero-order valence-electron chi connectivity index (χ0n) is 17.2. The van der Waals surface area contributed by atoms with Crippen molar-refractivity contribution in [2.24, 2.45) is 0 Å². The number of esters is 1. The van der Waals surface area contributed by atoms with Crippen molar-refractivity contribution in [1.82, 2.24) is 9.88 Å². The van der Waals surface area contributed by atoms with E-state index < -0.39 is 5.97 Å². The summed E-state index contributed by atoms with van der Waals surface area (Å²) in [5.74, 6) is 0.540. The van der Waals surface area contributed by atoms with Crippen molar-refractivity contribution in [1.29, 1.82) is 0 Å². The molecule has 4 rings (SSSR count). The molecule has 7 nitrogen and oxygen atoms in total. The normalized spacial score (nSPS) is 15.3. The van der Waals surface area contributed by atoms with Gasteiger partial charge in [-0.2, -0.15) is 0 Å². The van der Waals surface area contributed by atoms with Crippen molar-refractivity contribution >= 4 is 28.7 Å². The molecule has 1 fully saturated rings. The first-order valence-corrected chi connectivity index (χ1v) is 10.1. The summed E-state index contributed by atoms with van der Waals surface area (Å²) < 4.78 is 10.7. The molecular weight excluding hydrogens is 382 g/mol. The number of fused-ring (bicyclic) bond motifs is 1. The quantitative estimate of drug-likeness (QED) is 0.649. The monoisotopic (exact) mass is 407 g/mol. The molecular formula is C23H25N3O4. The summed E-state index contributed by atoms with van der Waals surface area (Å²) in [5.41, 5.74) is 3.64. The molecule has 0 atom stereocenters. The summed E-state index contributed by atoms with van der Waals surface area (Å²) in [6, 6.07) is 12.9. The summed E-state index contributed by atoms with van der Waals surface area (Å²) in [7, 11) is 1.34. The van der Waals surface area contributed by atoms with E-state index in [1.54, 1.807) is 18.2 Å². The zero-order chi connectivity index (χ0) is 21.1. The van der Waals surface area contributed by atoms with E-state index in [2.05, 4.69) is 15.2 Å². The lowest BCUT2D eigenvalue weighted by molar-refractivity contribution is -0.117. The van der Waals surface area contributed by atoms with Gasteiger partial charge >= 0.3 is 5.97 Å². The van der Waals surface area contributed by atoms with Crippen molar-refractivity contribution in [2.45, 2.75) is 25.7 Å². The minimum atomic E-state index is -0.424. The number of amides is 1. The predicted octanol–water partition coefficient (Wildman–Crippen LogP) is 3.74. The highest BCUT2D eigenvalue weighted by Crippen LogP contribution is 2.29. The van der Waals surface area contributed by atoms with Crippen LogP contribution in [0.15, 0.2) is 46.9 Å². The number of nitrogens with zero attached hydrogens (tertiary/aromatic N) is 2. The fourth-order valence-electron chi connectivity index (χ4n) is 3.80. The van der Waals surface area contributed by atoms with Gasteiger partial charge in [-0.3, -0.25) is 9.69 Å². The Hall–Kier alpha value is -3.19. The number of piperidine rings is 1. The van der Waals surface area contributed by atoms with Crippen LogP contribution in [-0.2, 0) is 9.53 Å². The minimum Gasteiger partial charge on any atom is -0.465 e. The largest absolute Gasteiger partial charge is 0.465 e. The number of likely N-dealkylation sites (tertiary alicyclic amines) is 1. The number of aromatic nitrogens is 1. The Morgan fingerprint density at radius 1 is 1.20 bits per heavy atom. The van der Waals surface area contributed by atoms with Crippen LogP contribution in [0.25, 0.3) is 11.1 Å². The number of para-hydroxylation sites is 2. The number of ether oxygens (including phenoxy) is 1. The molecule has 0 spiro atoms. The molecule has 3 aromatic rings. The number of aryl methyl sites for hydroxylation is 1. The van der Waals surface area contributed by atoms with Crippen LogP contribution in [0.2, 0.25) is 0 Å². The van der Waals surface area contributed by atoms with E-state index in [0.717, 1.165) is 48.5 Å². The highest BCUT2D eigenvalue weighted by Gasteiger charge is 2.25. The number of carbonyl (C=O) groups excluding carboxylic acids is 2. The summed E-state index contributed by atoms with van der Waals surface area (Å²) in [6.45, 7) is 3.81. The Labute approximate surface area is 175 Å². The van der Waals surface area contributed by atoms with Crippen molar-refractivity contribution in [3.63, 3.8) is 0 Å². The lowest BCUT2D eigenvalue weighted by Gasteiger charge is -2.30. The second-order valence-corrected chi connectivity index (χ2v) is 7.64. The van der Waals surface area contributed by atoms with Crippen LogP contribution >= 0.6 is 0 Å². The third kappa shape index (κ3) is 4.36. The Morgan fingerprint density at radius 2 is 1.97 bits per heavy atom. The van der Waals surface area contributed by atoms with E-state index in [9.17, 15) is 9.59 Å². The average molecular weight is 407 g/mol. The molecule has 1 amide bonds. The molecule has 1 N–H and O–H groups in total. The number of nitrogens with one attached hydrogen (secondary N) is 1. The molecule has 1 saturated heterocycles. The van der Waals surface area contributed by atoms with Crippen LogP contribution < -0.4 is 5.32 Å². The molecule has 2 heterocycles. The SMILES string of the molecule is COC(=O)c1ccc(C)c(NC(=O)CN2CCC(c3nc4ccccc4o3)CC2)c1. The van der Waals surface area contributed by atoms with E-state index in [4.69, 9.17) is 9.15 Å². The van der Waals surface area contributed by atoms with Crippen molar-refractivity contribution < 1.29 is 18.7 Å². The molecule has 1 aliphatic rings. The number of oxazole rings is 1. The minimum absolute atomic E-state index is 0.0968. The van der Waals surface area contributed by atoms with E-state index >= 15 is 0 Å². The number of benzene rings is 2. The molecule has 0 aliphatic carbocycles. The standard InChI is InChI=1S/C23H25N3O4/c1-15-7-8-17(23(28)29-2)13-19(15)24-21(27)14-26-11-9-16(10-12-26)22-25-18-5-3-4-6-20(18)30-22/h3-8,13,16H,9-12,14H2,1-2H3,(H,24,27). The molecule has 0 radical (unpaired) electrons. The first-order chi connectivity index (χ1) is 14.5. The Balaban J connectivity index is 1.33. The van der Waals surface area contributed by atoms with Crippen LogP contribution in [0.1, 0.15) is 40.6 Å². The van der Waals surface area contributed by atoms with Crippen LogP contribution in [-0.4, -0.2) is 48.5 Å². The average Bonchev–Trinajstić information content (AvgIpc) is 3.19. The molecule has 7 heteroatoms. The number of rotatable bonds is 5. The molecule has 30 heavy (non-hydrogen) atoms. The van der Waals surface area contributed by atoms with E-state index in [0.29, 0.717) is 17.8 Å². The van der Waals surface area contributed by atoms with Crippen molar-refractivity contribution in [2.75, 3.05) is 32.1 Å². The van der Waals surface area contributed by atoms with E-state index in [-0.39, 0.29) is 11.8 Å². The smallest absolute Gasteiger partial charge is 0.337 e. The summed E-state index contributed by atoms with van der Waals surface area (Å²) in [5, 5.41) is 2.92. The first-order valence-electron chi connectivity index (χ1n) is 10.1. The second kappa shape index (κ2) is 8.67. The first kappa shape index (κ1) is 20.1. The van der Waals surface area contributed by atoms with Gasteiger partial charge in [0.25, 0.3) is 0 Å². The van der Waals surface area contributed by atoms with Gasteiger partial charge in [0.05, 0.1) is 19.2 Å². The summed E-state index contributed by atoms with van der Waals surface area (Å²) in [4.78, 5) is 31.0. The number of methoxy groups -OCH3 is 1. The number of anilines is 1. The van der Waals surface area contributed by atoms with E-state index in [1.165, 1.54) is 7.11 Å². The van der Waals surface area contributed by atoms with Crippen LogP contribution in [0, 0.1) is 6.92 Å². The van der Waals surface area contributed by atoms with Gasteiger partial charge in [-0.05, 0) is 62.7 Å². The van der Waals surface area contributed by atoms with Gasteiger partial charge in [0.1, 0.15) is 5.52 Å². The molecule has 0 unspecified atom stereocenters. The number of carbonyl (C=O) groups is 2.